The van der Waals surface area contributed by atoms with Crippen molar-refractivity contribution < 1.29 is 24.2 Å². The van der Waals surface area contributed by atoms with Gasteiger partial charge in [0, 0.05) is 49.7 Å². The average molecular weight is 431 g/mol. The van der Waals surface area contributed by atoms with Crippen LogP contribution in [0.3, 0.4) is 0 Å². The molecule has 1 aromatic carbocycles. The molecular weight excluding hydrogens is 400 g/mol. The number of nitrogens with zero attached hydrogens (tertiary/aromatic N) is 1. The van der Waals surface area contributed by atoms with Gasteiger partial charge in [0.1, 0.15) is 12.1 Å². The van der Waals surface area contributed by atoms with E-state index >= 15 is 0 Å². The third-order valence-electron chi connectivity index (χ3n) is 4.76. The number of H-pyrrole nitrogens is 1. The van der Waals surface area contributed by atoms with Crippen molar-refractivity contribution in [1.82, 2.24) is 10.3 Å². The number of benzene rings is 1. The van der Waals surface area contributed by atoms with Gasteiger partial charge in [-0.05, 0) is 38.0 Å². The number of Topliss-reactive ketones (excluding diaryl/α,β-unsaturated/α-hetero) is 1. The highest BCUT2D eigenvalue weighted by molar-refractivity contribution is 6.26. The molecule has 4 N–H and O–H groups in total. The number of aliphatic hydroxyl groups is 1. The molecule has 2 rings (SSSR count). The summed E-state index contributed by atoms with van der Waals surface area (Å²) in [5.41, 5.74) is 2.60. The predicted octanol–water partition coefficient (Wildman–Crippen LogP) is 1.57. The van der Waals surface area contributed by atoms with Crippen LogP contribution in [0.5, 0.6) is 0 Å². The number of esters is 1. The lowest BCUT2D eigenvalue weighted by Gasteiger charge is -2.21. The average Bonchev–Trinajstić information content (AvgIpc) is 3.12. The van der Waals surface area contributed by atoms with Crippen LogP contribution < -0.4 is 10.2 Å². The fraction of sp³-hybridized carbons (Fsp3) is 0.455. The summed E-state index contributed by atoms with van der Waals surface area (Å²) in [6.45, 7) is 3.35. The first-order valence-electron chi connectivity index (χ1n) is 10.1. The number of aliphatic hydroxyl groups excluding tert-OH is 1. The topological polar surface area (TPSA) is 136 Å². The number of rotatable bonds is 11. The van der Waals surface area contributed by atoms with E-state index in [-0.39, 0.29) is 19.3 Å². The number of hydrogen-bond donors (Lipinski definition) is 4. The summed E-state index contributed by atoms with van der Waals surface area (Å²) in [7, 11) is 3.82. The van der Waals surface area contributed by atoms with Crippen molar-refractivity contribution in [3.05, 3.63) is 30.0 Å². The van der Waals surface area contributed by atoms with Crippen LogP contribution in [-0.4, -0.2) is 66.3 Å². The molecule has 0 fully saturated rings. The van der Waals surface area contributed by atoms with Crippen LogP contribution in [0.25, 0.3) is 10.9 Å². The summed E-state index contributed by atoms with van der Waals surface area (Å²) in [4.78, 5) is 41.5. The maximum absolute atomic E-state index is 12.6. The second-order valence-corrected chi connectivity index (χ2v) is 7.82. The van der Waals surface area contributed by atoms with Crippen LogP contribution in [0.15, 0.2) is 24.4 Å². The van der Waals surface area contributed by atoms with Crippen molar-refractivity contribution in [3.8, 4) is 0 Å². The summed E-state index contributed by atoms with van der Waals surface area (Å²) < 4.78 is 5.15. The maximum atomic E-state index is 12.6. The summed E-state index contributed by atoms with van der Waals surface area (Å²) in [5, 5.41) is 20.9. The van der Waals surface area contributed by atoms with Crippen LogP contribution in [0, 0.1) is 5.41 Å². The zero-order valence-corrected chi connectivity index (χ0v) is 18.3. The van der Waals surface area contributed by atoms with Crippen LogP contribution in [0.1, 0.15) is 32.3 Å². The number of ketones is 1. The van der Waals surface area contributed by atoms with Crippen LogP contribution in [0.2, 0.25) is 0 Å². The largest absolute Gasteiger partial charge is 0.461 e. The van der Waals surface area contributed by atoms with Crippen molar-refractivity contribution in [3.63, 3.8) is 0 Å². The normalized spacial score (nSPS) is 13.0. The fourth-order valence-corrected chi connectivity index (χ4v) is 3.26. The minimum Gasteiger partial charge on any atom is -0.461 e. The summed E-state index contributed by atoms with van der Waals surface area (Å²) in [6, 6.07) is 4.69. The number of nitrogens with one attached hydrogen (secondary N) is 3. The Hall–Kier alpha value is -3.20. The van der Waals surface area contributed by atoms with E-state index < -0.39 is 35.9 Å². The monoisotopic (exact) mass is 430 g/mol. The second kappa shape index (κ2) is 10.7. The van der Waals surface area contributed by atoms with Crippen molar-refractivity contribution in [2.24, 2.45) is 0 Å². The molecular formula is C22H30N4O5. The molecule has 2 atom stereocenters. The number of ether oxygens (including phenoxy) is 1. The molecule has 9 heteroatoms. The molecule has 2 aromatic rings. The molecule has 0 bridgehead atoms. The van der Waals surface area contributed by atoms with E-state index in [4.69, 9.17) is 10.1 Å². The third kappa shape index (κ3) is 6.39. The van der Waals surface area contributed by atoms with E-state index in [1.54, 1.807) is 20.0 Å². The van der Waals surface area contributed by atoms with Gasteiger partial charge in [-0.15, -0.1) is 0 Å². The van der Waals surface area contributed by atoms with Gasteiger partial charge in [0.05, 0.1) is 12.3 Å². The van der Waals surface area contributed by atoms with E-state index in [9.17, 15) is 19.5 Å². The zero-order valence-electron chi connectivity index (χ0n) is 18.3. The molecule has 1 aromatic heterocycles. The molecule has 1 amide bonds. The highest BCUT2D eigenvalue weighted by Gasteiger charge is 2.27. The van der Waals surface area contributed by atoms with Gasteiger partial charge in [-0.1, -0.05) is 6.07 Å². The molecule has 0 radical (unpaired) electrons. The van der Waals surface area contributed by atoms with Gasteiger partial charge in [-0.2, -0.15) is 0 Å². The molecule has 0 aliphatic rings. The lowest BCUT2D eigenvalue weighted by atomic mass is 10.0. The second-order valence-electron chi connectivity index (χ2n) is 7.82. The van der Waals surface area contributed by atoms with E-state index in [0.717, 1.165) is 22.2 Å². The number of aromatic amines is 1. The van der Waals surface area contributed by atoms with Gasteiger partial charge in [0.15, 0.2) is 5.78 Å². The predicted molar refractivity (Wildman–Crippen MR) is 119 cm³/mol. The number of carbonyl (C=O) groups excluding carboxylic acids is 3. The summed E-state index contributed by atoms with van der Waals surface area (Å²) in [6.07, 6.45) is 0.556. The highest BCUT2D eigenvalue weighted by atomic mass is 16.5. The Labute approximate surface area is 181 Å². The van der Waals surface area contributed by atoms with Gasteiger partial charge in [-0.25, -0.2) is 4.79 Å². The lowest BCUT2D eigenvalue weighted by Crippen LogP contribution is -2.47. The van der Waals surface area contributed by atoms with E-state index in [1.165, 1.54) is 0 Å². The molecule has 1 heterocycles. The molecule has 0 aliphatic carbocycles. The van der Waals surface area contributed by atoms with Gasteiger partial charge < -0.3 is 30.5 Å². The number of aromatic nitrogens is 1. The summed E-state index contributed by atoms with van der Waals surface area (Å²) >= 11 is 0. The Morgan fingerprint density at radius 1 is 1.29 bits per heavy atom. The molecule has 0 aliphatic heterocycles. The molecule has 0 saturated carbocycles. The Kier molecular flexibility index (Phi) is 8.32. The number of fused-ring (bicyclic) bond motifs is 1. The Morgan fingerprint density at radius 3 is 2.61 bits per heavy atom. The standard InChI is InChI=1S/C22H30N4O5/c1-13(2)31-22(30)17(9-8-15(27)11-23)25-21(29)19(28)10-14-12-24-16-6-5-7-18(20(14)16)26(3)4/h5-7,11-13,17,19,23-24,28H,8-10H2,1-4H3,(H,25,29)/t17-,19-/m0/s1. The van der Waals surface area contributed by atoms with Crippen molar-refractivity contribution in [1.29, 1.82) is 5.41 Å². The molecule has 9 nitrogen and oxygen atoms in total. The van der Waals surface area contributed by atoms with Gasteiger partial charge in [0.25, 0.3) is 0 Å². The highest BCUT2D eigenvalue weighted by Crippen LogP contribution is 2.29. The van der Waals surface area contributed by atoms with Gasteiger partial charge >= 0.3 is 5.97 Å². The Bertz CT molecular complexity index is 951. The fourth-order valence-electron chi connectivity index (χ4n) is 3.26. The zero-order chi connectivity index (χ0) is 23.1. The smallest absolute Gasteiger partial charge is 0.328 e. The van der Waals surface area contributed by atoms with Crippen molar-refractivity contribution in [2.75, 3.05) is 19.0 Å². The number of anilines is 1. The third-order valence-corrected chi connectivity index (χ3v) is 4.76. The van der Waals surface area contributed by atoms with E-state index in [2.05, 4.69) is 10.3 Å². The number of hydrogen-bond acceptors (Lipinski definition) is 7. The minimum atomic E-state index is -1.40. The van der Waals surface area contributed by atoms with Crippen LogP contribution >= 0.6 is 0 Å². The van der Waals surface area contributed by atoms with Gasteiger partial charge in [0.2, 0.25) is 5.91 Å². The molecule has 0 spiro atoms. The minimum absolute atomic E-state index is 0.0178. The van der Waals surface area contributed by atoms with Crippen molar-refractivity contribution >= 4 is 40.5 Å². The SMILES string of the molecule is CC(C)OC(=O)[C@H](CCC(=O)C=N)NC(=O)[C@@H](O)Cc1c[nH]c2cccc(N(C)C)c12. The van der Waals surface area contributed by atoms with E-state index in [1.807, 2.05) is 37.2 Å². The Balaban J connectivity index is 2.15. The van der Waals surface area contributed by atoms with E-state index in [0.29, 0.717) is 6.21 Å². The lowest BCUT2D eigenvalue weighted by molar-refractivity contribution is -0.152. The first kappa shape index (κ1) is 24.1. The van der Waals surface area contributed by atoms with Crippen LogP contribution in [-0.2, 0) is 25.5 Å². The first-order valence-corrected chi connectivity index (χ1v) is 10.1. The molecule has 31 heavy (non-hydrogen) atoms. The molecule has 168 valence electrons. The maximum Gasteiger partial charge on any atom is 0.328 e. The first-order chi connectivity index (χ1) is 14.6. The summed E-state index contributed by atoms with van der Waals surface area (Å²) in [5.74, 6) is -1.88. The number of amides is 1. The van der Waals surface area contributed by atoms with Crippen LogP contribution in [0.4, 0.5) is 5.69 Å². The molecule has 0 saturated heterocycles. The number of carbonyl (C=O) groups is 3. The van der Waals surface area contributed by atoms with Gasteiger partial charge in [-0.3, -0.25) is 9.59 Å². The Morgan fingerprint density at radius 2 is 2.00 bits per heavy atom. The van der Waals surface area contributed by atoms with Crippen molar-refractivity contribution in [2.45, 2.75) is 51.4 Å². The quantitative estimate of drug-likeness (QED) is 0.316. The molecule has 0 unspecified atom stereocenters.